The Morgan fingerprint density at radius 3 is 1.05 bits per heavy atom. The second-order valence-corrected chi connectivity index (χ2v) is 7.61. The molecule has 0 aliphatic rings. The molecule has 21 heavy (non-hydrogen) atoms. The largest absolute Gasteiger partial charge is 1.00 e. The first kappa shape index (κ1) is 24.2. The van der Waals surface area contributed by atoms with Crippen LogP contribution in [0.15, 0.2) is 0 Å². The van der Waals surface area contributed by atoms with Gasteiger partial charge in [0, 0.05) is 0 Å². The van der Waals surface area contributed by atoms with Crippen LogP contribution in [0, 0.1) is 0 Å². The summed E-state index contributed by atoms with van der Waals surface area (Å²) in [7, 11) is 6.88. The molecule has 0 radical (unpaired) electrons. The molecular formula is C19H42NNa+2. The number of hydrogen-bond acceptors (Lipinski definition) is 0. The number of nitrogens with zero attached hydrogens (tertiary/aromatic N) is 1. The van der Waals surface area contributed by atoms with Crippen molar-refractivity contribution in [3.05, 3.63) is 0 Å². The van der Waals surface area contributed by atoms with E-state index in [9.17, 15) is 0 Å². The molecular weight excluding hydrogens is 265 g/mol. The van der Waals surface area contributed by atoms with Gasteiger partial charge in [-0.2, -0.15) is 0 Å². The van der Waals surface area contributed by atoms with E-state index in [1.807, 2.05) is 0 Å². The van der Waals surface area contributed by atoms with Gasteiger partial charge in [0.05, 0.1) is 27.7 Å². The third kappa shape index (κ3) is 23.4. The molecule has 122 valence electrons. The molecule has 0 unspecified atom stereocenters. The van der Waals surface area contributed by atoms with E-state index in [0.717, 1.165) is 4.48 Å². The number of quaternary nitrogens is 1. The maximum absolute atomic E-state index is 2.29. The van der Waals surface area contributed by atoms with Crippen molar-refractivity contribution in [2.24, 2.45) is 0 Å². The third-order valence-electron chi connectivity index (χ3n) is 4.18. The van der Waals surface area contributed by atoms with Gasteiger partial charge in [-0.15, -0.1) is 0 Å². The number of unbranched alkanes of at least 4 members (excludes halogenated alkanes) is 13. The Hall–Kier alpha value is 0.960. The van der Waals surface area contributed by atoms with Crippen molar-refractivity contribution in [2.45, 2.75) is 96.8 Å². The first-order valence-corrected chi connectivity index (χ1v) is 9.36. The first-order valence-electron chi connectivity index (χ1n) is 9.36. The van der Waals surface area contributed by atoms with Crippen molar-refractivity contribution in [1.29, 1.82) is 0 Å². The van der Waals surface area contributed by atoms with Gasteiger partial charge in [-0.25, -0.2) is 0 Å². The SMILES string of the molecule is CCCCCCCCCCCCCCCC[N+](C)(C)C.[Na+]. The molecule has 0 saturated carbocycles. The van der Waals surface area contributed by atoms with Crippen LogP contribution in [0.3, 0.4) is 0 Å². The predicted octanol–water partition coefficient (Wildman–Crippen LogP) is 3.18. The van der Waals surface area contributed by atoms with E-state index in [2.05, 4.69) is 28.1 Å². The zero-order valence-electron chi connectivity index (χ0n) is 16.1. The summed E-state index contributed by atoms with van der Waals surface area (Å²) in [6, 6.07) is 0. The second-order valence-electron chi connectivity index (χ2n) is 7.61. The zero-order valence-corrected chi connectivity index (χ0v) is 18.1. The molecule has 0 aromatic rings. The summed E-state index contributed by atoms with van der Waals surface area (Å²) in [6.07, 6.45) is 20.4. The Bertz CT molecular complexity index is 186. The maximum Gasteiger partial charge on any atom is 1.00 e. The molecule has 0 fully saturated rings. The molecule has 0 atom stereocenters. The number of rotatable bonds is 15. The molecule has 0 N–H and O–H groups in total. The van der Waals surface area contributed by atoms with Gasteiger partial charge in [0.25, 0.3) is 0 Å². The molecule has 0 aliphatic carbocycles. The summed E-state index contributed by atoms with van der Waals surface area (Å²) >= 11 is 0. The minimum atomic E-state index is 0. The molecule has 2 heteroatoms. The Balaban J connectivity index is 0. The first-order chi connectivity index (χ1) is 9.56. The normalized spacial score (nSPS) is 11.4. The summed E-state index contributed by atoms with van der Waals surface area (Å²) in [6.45, 7) is 3.63. The van der Waals surface area contributed by atoms with Crippen LogP contribution in [0.4, 0.5) is 0 Å². The van der Waals surface area contributed by atoms with Gasteiger partial charge in [0.15, 0.2) is 0 Å². The fraction of sp³-hybridized carbons (Fsp3) is 1.00. The average Bonchev–Trinajstić information content (AvgIpc) is 2.38. The standard InChI is InChI=1S/C19H42N.Na/c1-5-6-7-8-9-10-11-12-13-14-15-16-17-18-19-20(2,3)4;/h5-19H2,1-4H3;/q2*+1. The van der Waals surface area contributed by atoms with Crippen LogP contribution in [-0.4, -0.2) is 32.2 Å². The second kappa shape index (κ2) is 17.3. The van der Waals surface area contributed by atoms with Gasteiger partial charge in [0.1, 0.15) is 0 Å². The summed E-state index contributed by atoms with van der Waals surface area (Å²) in [4.78, 5) is 0. The van der Waals surface area contributed by atoms with Gasteiger partial charge in [-0.1, -0.05) is 84.0 Å². The van der Waals surface area contributed by atoms with Crippen LogP contribution < -0.4 is 29.6 Å². The number of hydrogen-bond donors (Lipinski definition) is 0. The van der Waals surface area contributed by atoms with E-state index in [4.69, 9.17) is 0 Å². The molecule has 1 nitrogen and oxygen atoms in total. The van der Waals surface area contributed by atoms with E-state index in [1.165, 1.54) is 96.4 Å². The van der Waals surface area contributed by atoms with Crippen LogP contribution in [0.1, 0.15) is 96.8 Å². The third-order valence-corrected chi connectivity index (χ3v) is 4.18. The summed E-state index contributed by atoms with van der Waals surface area (Å²) in [5.41, 5.74) is 0. The van der Waals surface area contributed by atoms with Crippen LogP contribution >= 0.6 is 0 Å². The average molecular weight is 308 g/mol. The fourth-order valence-corrected chi connectivity index (χ4v) is 2.78. The quantitative estimate of drug-likeness (QED) is 0.248. The monoisotopic (exact) mass is 307 g/mol. The van der Waals surface area contributed by atoms with Crippen molar-refractivity contribution in [3.8, 4) is 0 Å². The van der Waals surface area contributed by atoms with Gasteiger partial charge in [-0.3, -0.25) is 0 Å². The van der Waals surface area contributed by atoms with E-state index < -0.39 is 0 Å². The Morgan fingerprint density at radius 1 is 0.476 bits per heavy atom. The summed E-state index contributed by atoms with van der Waals surface area (Å²) in [5.74, 6) is 0. The van der Waals surface area contributed by atoms with E-state index in [-0.39, 0.29) is 29.6 Å². The van der Waals surface area contributed by atoms with Gasteiger partial charge >= 0.3 is 29.6 Å². The van der Waals surface area contributed by atoms with Crippen molar-refractivity contribution in [1.82, 2.24) is 0 Å². The van der Waals surface area contributed by atoms with Gasteiger partial charge in [0.2, 0.25) is 0 Å². The Morgan fingerprint density at radius 2 is 0.762 bits per heavy atom. The molecule has 0 aliphatic heterocycles. The van der Waals surface area contributed by atoms with Gasteiger partial charge < -0.3 is 4.48 Å². The van der Waals surface area contributed by atoms with Crippen LogP contribution in [-0.2, 0) is 0 Å². The van der Waals surface area contributed by atoms with Crippen molar-refractivity contribution >= 4 is 0 Å². The maximum atomic E-state index is 2.29. The van der Waals surface area contributed by atoms with E-state index in [1.54, 1.807) is 0 Å². The Kier molecular flexibility index (Phi) is 20.0. The topological polar surface area (TPSA) is 0 Å². The molecule has 0 amide bonds. The van der Waals surface area contributed by atoms with Crippen LogP contribution in [0.2, 0.25) is 0 Å². The van der Waals surface area contributed by atoms with Crippen molar-refractivity contribution in [2.75, 3.05) is 27.7 Å². The van der Waals surface area contributed by atoms with Crippen molar-refractivity contribution < 1.29 is 34.0 Å². The van der Waals surface area contributed by atoms with E-state index >= 15 is 0 Å². The van der Waals surface area contributed by atoms with Crippen LogP contribution in [0.25, 0.3) is 0 Å². The molecule has 0 aromatic heterocycles. The summed E-state index contributed by atoms with van der Waals surface area (Å²) < 4.78 is 1.12. The Labute approximate surface area is 158 Å². The predicted molar refractivity (Wildman–Crippen MR) is 93.2 cm³/mol. The molecule has 0 aromatic carbocycles. The van der Waals surface area contributed by atoms with Crippen molar-refractivity contribution in [3.63, 3.8) is 0 Å². The molecule has 0 saturated heterocycles. The smallest absolute Gasteiger partial charge is 0.331 e. The molecule has 0 heterocycles. The van der Waals surface area contributed by atoms with Crippen LogP contribution in [0.5, 0.6) is 0 Å². The molecule has 0 spiro atoms. The fourth-order valence-electron chi connectivity index (χ4n) is 2.78. The minimum absolute atomic E-state index is 0. The molecule has 0 rings (SSSR count). The zero-order chi connectivity index (χ0) is 15.1. The molecule has 0 bridgehead atoms. The summed E-state index contributed by atoms with van der Waals surface area (Å²) in [5, 5.41) is 0. The minimum Gasteiger partial charge on any atom is -0.331 e. The van der Waals surface area contributed by atoms with E-state index in [0.29, 0.717) is 0 Å². The van der Waals surface area contributed by atoms with Gasteiger partial charge in [-0.05, 0) is 12.8 Å².